The molecule has 1 unspecified atom stereocenters. The van der Waals surface area contributed by atoms with Gasteiger partial charge < -0.3 is 14.2 Å². The second-order valence-electron chi connectivity index (χ2n) is 24.1. The summed E-state index contributed by atoms with van der Waals surface area (Å²) in [7, 11) is 0. The predicted molar refractivity (Wildman–Crippen MR) is 353 cm³/mol. The Balaban J connectivity index is 4.11. The van der Waals surface area contributed by atoms with E-state index in [0.29, 0.717) is 19.3 Å². The zero-order chi connectivity index (χ0) is 58.5. The van der Waals surface area contributed by atoms with Crippen molar-refractivity contribution in [3.8, 4) is 0 Å². The molecule has 81 heavy (non-hydrogen) atoms. The second kappa shape index (κ2) is 69.6. The van der Waals surface area contributed by atoms with Crippen molar-refractivity contribution < 1.29 is 28.6 Å². The van der Waals surface area contributed by atoms with E-state index in [-0.39, 0.29) is 31.1 Å². The highest BCUT2D eigenvalue weighted by molar-refractivity contribution is 5.71. The quantitative estimate of drug-likeness (QED) is 0.0261. The monoisotopic (exact) mass is 1130 g/mol. The maximum absolute atomic E-state index is 12.9. The van der Waals surface area contributed by atoms with Crippen molar-refractivity contribution in [2.24, 2.45) is 0 Å². The molecule has 0 aromatic heterocycles. The third kappa shape index (κ3) is 67.8. The minimum atomic E-state index is -0.775. The molecule has 0 aromatic carbocycles. The molecular formula is C75H136O6. The van der Waals surface area contributed by atoms with Gasteiger partial charge in [0, 0.05) is 19.3 Å². The molecule has 6 heteroatoms. The zero-order valence-electron chi connectivity index (χ0n) is 54.3. The van der Waals surface area contributed by atoms with E-state index in [9.17, 15) is 14.4 Å². The summed E-state index contributed by atoms with van der Waals surface area (Å²) in [6.45, 7) is 6.56. The molecule has 1 atom stereocenters. The van der Waals surface area contributed by atoms with Crippen molar-refractivity contribution in [3.05, 3.63) is 60.8 Å². The number of unbranched alkanes of at least 4 members (excludes halogenated alkanes) is 45. The largest absolute Gasteiger partial charge is 0.462 e. The molecule has 0 saturated heterocycles. The van der Waals surface area contributed by atoms with Crippen LogP contribution in [-0.4, -0.2) is 37.2 Å². The lowest BCUT2D eigenvalue weighted by molar-refractivity contribution is -0.167. The number of carbonyl (C=O) groups is 3. The Hall–Kier alpha value is -2.89. The van der Waals surface area contributed by atoms with E-state index in [1.807, 2.05) is 0 Å². The number of ether oxygens (including phenoxy) is 3. The van der Waals surface area contributed by atoms with Crippen LogP contribution >= 0.6 is 0 Å². The van der Waals surface area contributed by atoms with Crippen LogP contribution in [0.4, 0.5) is 0 Å². The Morgan fingerprint density at radius 3 is 0.753 bits per heavy atom. The van der Waals surface area contributed by atoms with E-state index in [1.54, 1.807) is 0 Å². The van der Waals surface area contributed by atoms with Crippen LogP contribution < -0.4 is 0 Å². The number of esters is 3. The van der Waals surface area contributed by atoms with E-state index < -0.39 is 6.10 Å². The summed E-state index contributed by atoms with van der Waals surface area (Å²) in [5.41, 5.74) is 0. The van der Waals surface area contributed by atoms with E-state index in [2.05, 4.69) is 81.5 Å². The first-order valence-corrected chi connectivity index (χ1v) is 35.8. The molecule has 0 amide bonds. The van der Waals surface area contributed by atoms with Gasteiger partial charge in [-0.15, -0.1) is 0 Å². The van der Waals surface area contributed by atoms with Gasteiger partial charge in [0.25, 0.3) is 0 Å². The fraction of sp³-hybridized carbons (Fsp3) is 0.827. The number of carbonyl (C=O) groups excluding carboxylic acids is 3. The minimum absolute atomic E-state index is 0.0717. The maximum atomic E-state index is 12.9. The molecule has 0 saturated carbocycles. The molecule has 6 nitrogen and oxygen atoms in total. The van der Waals surface area contributed by atoms with Gasteiger partial charge in [-0.2, -0.15) is 0 Å². The molecule has 0 radical (unpaired) electrons. The normalized spacial score (nSPS) is 12.4. The third-order valence-corrected chi connectivity index (χ3v) is 16.0. The van der Waals surface area contributed by atoms with E-state index in [1.165, 1.54) is 244 Å². The van der Waals surface area contributed by atoms with Gasteiger partial charge in [-0.1, -0.05) is 358 Å². The summed E-state index contributed by atoms with van der Waals surface area (Å²) in [4.78, 5) is 38.3. The highest BCUT2D eigenvalue weighted by Crippen LogP contribution is 2.19. The van der Waals surface area contributed by atoms with Crippen LogP contribution in [0.15, 0.2) is 60.8 Å². The van der Waals surface area contributed by atoms with Crippen molar-refractivity contribution in [2.75, 3.05) is 13.2 Å². The van der Waals surface area contributed by atoms with E-state index in [0.717, 1.165) is 96.3 Å². The summed E-state index contributed by atoms with van der Waals surface area (Å²) in [5.74, 6) is -0.858. The Labute approximate surface area is 504 Å². The Kier molecular flexibility index (Phi) is 67.1. The first-order valence-electron chi connectivity index (χ1n) is 35.8. The standard InChI is InChI=1S/C75H136O6/c1-4-7-10-13-16-19-21-23-25-27-29-31-33-35-36-37-38-40-41-43-45-47-49-51-53-56-59-62-65-68-74(77)80-71-72(70-79-73(76)67-64-61-58-55-18-15-12-9-6-3)81-75(78)69-66-63-60-57-54-52-50-48-46-44-42-39-34-32-30-28-26-24-22-20-17-14-11-8-5-2/h8,11,17,20,24,26,30,32,39,42,72H,4-7,9-10,12-16,18-19,21-23,25,27-29,31,33-38,40-41,43-71H2,1-3H3/b11-8-,20-17-,26-24-,32-30-,42-39-. The van der Waals surface area contributed by atoms with Crippen LogP contribution in [0, 0.1) is 0 Å². The summed E-state index contributed by atoms with van der Waals surface area (Å²) in [6.07, 6.45) is 89.9. The SMILES string of the molecule is CC/C=C\C/C=C\C/C=C\C/C=C\C/C=C\CCCCCCCCCCCC(=O)OC(COC(=O)CCCCCCCCCCC)COC(=O)CCCCCCCCCCCCCCCCCCCCCCCCCCCCCCC. The number of hydrogen-bond donors (Lipinski definition) is 0. The molecule has 0 aliphatic heterocycles. The van der Waals surface area contributed by atoms with Crippen molar-refractivity contribution >= 4 is 17.9 Å². The molecule has 472 valence electrons. The van der Waals surface area contributed by atoms with Crippen molar-refractivity contribution in [3.63, 3.8) is 0 Å². The molecule has 0 N–H and O–H groups in total. The van der Waals surface area contributed by atoms with Gasteiger partial charge >= 0.3 is 17.9 Å². The average molecular weight is 1130 g/mol. The van der Waals surface area contributed by atoms with Gasteiger partial charge in [0.05, 0.1) is 0 Å². The molecule has 0 bridgehead atoms. The van der Waals surface area contributed by atoms with Crippen molar-refractivity contribution in [2.45, 2.75) is 386 Å². The molecule has 0 aliphatic carbocycles. The zero-order valence-corrected chi connectivity index (χ0v) is 54.3. The lowest BCUT2D eigenvalue weighted by atomic mass is 10.0. The minimum Gasteiger partial charge on any atom is -0.462 e. The first kappa shape index (κ1) is 78.1. The summed E-state index contributed by atoms with van der Waals surface area (Å²) in [5, 5.41) is 0. The smallest absolute Gasteiger partial charge is 0.306 e. The summed E-state index contributed by atoms with van der Waals surface area (Å²) >= 11 is 0. The van der Waals surface area contributed by atoms with E-state index in [4.69, 9.17) is 14.2 Å². The van der Waals surface area contributed by atoms with Gasteiger partial charge in [-0.3, -0.25) is 14.4 Å². The van der Waals surface area contributed by atoms with Gasteiger partial charge in [-0.05, 0) is 64.2 Å². The van der Waals surface area contributed by atoms with Crippen LogP contribution in [0.2, 0.25) is 0 Å². The summed E-state index contributed by atoms with van der Waals surface area (Å²) < 4.78 is 16.9. The van der Waals surface area contributed by atoms with Crippen LogP contribution in [0.5, 0.6) is 0 Å². The number of hydrogen-bond acceptors (Lipinski definition) is 6. The Morgan fingerprint density at radius 1 is 0.259 bits per heavy atom. The third-order valence-electron chi connectivity index (χ3n) is 16.0. The van der Waals surface area contributed by atoms with Gasteiger partial charge in [0.2, 0.25) is 0 Å². The molecule has 0 spiro atoms. The number of rotatable bonds is 66. The molecular weight excluding hydrogens is 997 g/mol. The fourth-order valence-corrected chi connectivity index (χ4v) is 10.7. The predicted octanol–water partition coefficient (Wildman–Crippen LogP) is 24.7. The van der Waals surface area contributed by atoms with Gasteiger partial charge in [0.15, 0.2) is 6.10 Å². The van der Waals surface area contributed by atoms with Gasteiger partial charge in [0.1, 0.15) is 13.2 Å². The number of allylic oxidation sites excluding steroid dienone is 10. The Morgan fingerprint density at radius 2 is 0.481 bits per heavy atom. The molecule has 0 rings (SSSR count). The lowest BCUT2D eigenvalue weighted by Gasteiger charge is -2.18. The average Bonchev–Trinajstić information content (AvgIpc) is 3.47. The van der Waals surface area contributed by atoms with E-state index >= 15 is 0 Å². The highest BCUT2D eigenvalue weighted by atomic mass is 16.6. The fourth-order valence-electron chi connectivity index (χ4n) is 10.7. The molecule has 0 aliphatic rings. The van der Waals surface area contributed by atoms with Crippen molar-refractivity contribution in [1.29, 1.82) is 0 Å². The lowest BCUT2D eigenvalue weighted by Crippen LogP contribution is -2.30. The first-order chi connectivity index (χ1) is 40.0. The van der Waals surface area contributed by atoms with Gasteiger partial charge in [-0.25, -0.2) is 0 Å². The Bertz CT molecular complexity index is 1440. The summed E-state index contributed by atoms with van der Waals surface area (Å²) in [6, 6.07) is 0. The van der Waals surface area contributed by atoms with Crippen LogP contribution in [0.25, 0.3) is 0 Å². The van der Waals surface area contributed by atoms with Crippen LogP contribution in [-0.2, 0) is 28.6 Å². The van der Waals surface area contributed by atoms with Crippen molar-refractivity contribution in [1.82, 2.24) is 0 Å². The molecule has 0 heterocycles. The highest BCUT2D eigenvalue weighted by Gasteiger charge is 2.19. The molecule has 0 fully saturated rings. The van der Waals surface area contributed by atoms with Crippen LogP contribution in [0.3, 0.4) is 0 Å². The second-order valence-corrected chi connectivity index (χ2v) is 24.1. The maximum Gasteiger partial charge on any atom is 0.306 e. The molecule has 0 aromatic rings. The van der Waals surface area contributed by atoms with Crippen LogP contribution in [0.1, 0.15) is 380 Å². The topological polar surface area (TPSA) is 78.9 Å².